The number of halogens is 1. The largest absolute Gasteiger partial charge is 0.493 e. The summed E-state index contributed by atoms with van der Waals surface area (Å²) in [5.41, 5.74) is 4.64. The average Bonchev–Trinajstić information content (AvgIpc) is 3.38. The Kier molecular flexibility index (Phi) is 5.72. The van der Waals surface area contributed by atoms with Crippen LogP contribution in [0.5, 0.6) is 11.5 Å². The third-order valence-corrected chi connectivity index (χ3v) is 6.96. The average molecular weight is 464 g/mol. The van der Waals surface area contributed by atoms with Gasteiger partial charge in [0.1, 0.15) is 23.4 Å². The summed E-state index contributed by atoms with van der Waals surface area (Å²) in [5, 5.41) is 0. The molecule has 5 nitrogen and oxygen atoms in total. The van der Waals surface area contributed by atoms with Crippen LogP contribution in [0.2, 0.25) is 0 Å². The SMILES string of the molecule is CCOc1ccc(F)cc1-c1cccc2c1CC[C@H]2Oc1ccc(C2=CC(=O)NS2=O)cc1. The second kappa shape index (κ2) is 8.83. The van der Waals surface area contributed by atoms with Crippen LogP contribution in [-0.2, 0) is 22.2 Å². The van der Waals surface area contributed by atoms with Gasteiger partial charge in [0.25, 0.3) is 5.91 Å². The molecule has 0 aromatic heterocycles. The highest BCUT2D eigenvalue weighted by molar-refractivity contribution is 7.93. The Bertz CT molecular complexity index is 1290. The first-order valence-electron chi connectivity index (χ1n) is 10.8. The van der Waals surface area contributed by atoms with Gasteiger partial charge in [-0.25, -0.2) is 8.60 Å². The van der Waals surface area contributed by atoms with Crippen LogP contribution < -0.4 is 14.2 Å². The molecule has 33 heavy (non-hydrogen) atoms. The van der Waals surface area contributed by atoms with Gasteiger partial charge in [0.05, 0.1) is 11.5 Å². The van der Waals surface area contributed by atoms with Gasteiger partial charge in [0.2, 0.25) is 0 Å². The van der Waals surface area contributed by atoms with Gasteiger partial charge in [-0.3, -0.25) is 9.52 Å². The van der Waals surface area contributed by atoms with E-state index >= 15 is 0 Å². The molecular weight excluding hydrogens is 441 g/mol. The summed E-state index contributed by atoms with van der Waals surface area (Å²) >= 11 is 0. The molecule has 1 aliphatic heterocycles. The molecule has 2 atom stereocenters. The Morgan fingerprint density at radius 3 is 2.64 bits per heavy atom. The number of fused-ring (bicyclic) bond motifs is 1. The minimum atomic E-state index is -1.52. The van der Waals surface area contributed by atoms with Crippen molar-refractivity contribution in [2.45, 2.75) is 25.9 Å². The maximum absolute atomic E-state index is 14.1. The molecule has 3 aromatic carbocycles. The molecule has 1 amide bonds. The van der Waals surface area contributed by atoms with Gasteiger partial charge in [-0.05, 0) is 72.4 Å². The quantitative estimate of drug-likeness (QED) is 0.553. The van der Waals surface area contributed by atoms with Gasteiger partial charge in [-0.15, -0.1) is 0 Å². The van der Waals surface area contributed by atoms with Crippen molar-refractivity contribution in [1.82, 2.24) is 4.72 Å². The van der Waals surface area contributed by atoms with Crippen molar-refractivity contribution in [1.29, 1.82) is 0 Å². The van der Waals surface area contributed by atoms with Crippen LogP contribution in [0, 0.1) is 5.82 Å². The monoisotopic (exact) mass is 463 g/mol. The summed E-state index contributed by atoms with van der Waals surface area (Å²) < 4.78 is 40.4. The molecule has 1 N–H and O–H groups in total. The van der Waals surface area contributed by atoms with E-state index in [-0.39, 0.29) is 17.8 Å². The number of nitrogens with one attached hydrogen (secondary N) is 1. The maximum Gasteiger partial charge on any atom is 0.257 e. The lowest BCUT2D eigenvalue weighted by molar-refractivity contribution is -0.114. The second-order valence-electron chi connectivity index (χ2n) is 7.86. The Balaban J connectivity index is 1.41. The molecule has 168 valence electrons. The first kappa shape index (κ1) is 21.4. The fourth-order valence-electron chi connectivity index (χ4n) is 4.39. The van der Waals surface area contributed by atoms with Crippen LogP contribution >= 0.6 is 0 Å². The summed E-state index contributed by atoms with van der Waals surface area (Å²) in [7, 11) is -1.52. The highest BCUT2D eigenvalue weighted by Crippen LogP contribution is 2.42. The smallest absolute Gasteiger partial charge is 0.257 e. The standard InChI is InChI=1S/C26H22FNO4S/c1-2-31-23-12-8-17(27)14-22(23)19-4-3-5-21-20(19)11-13-24(21)32-18-9-6-16(7-10-18)25-15-26(29)28-33(25)30/h3-10,12,14-15,24H,2,11,13H2,1H3,(H,28,29)/t24-,33?/m1/s1. The van der Waals surface area contributed by atoms with E-state index in [1.807, 2.05) is 37.3 Å². The van der Waals surface area contributed by atoms with Gasteiger partial charge in [-0.1, -0.05) is 30.3 Å². The topological polar surface area (TPSA) is 64.6 Å². The number of amides is 1. The summed E-state index contributed by atoms with van der Waals surface area (Å²) in [6.45, 7) is 2.41. The predicted molar refractivity (Wildman–Crippen MR) is 125 cm³/mol. The zero-order valence-electron chi connectivity index (χ0n) is 18.0. The highest BCUT2D eigenvalue weighted by atomic mass is 32.2. The molecule has 7 heteroatoms. The Morgan fingerprint density at radius 2 is 1.91 bits per heavy atom. The first-order valence-corrected chi connectivity index (χ1v) is 11.9. The number of ether oxygens (including phenoxy) is 2. The number of rotatable bonds is 6. The van der Waals surface area contributed by atoms with Gasteiger partial charge in [0, 0.05) is 11.6 Å². The van der Waals surface area contributed by atoms with Crippen LogP contribution in [0.25, 0.3) is 16.0 Å². The van der Waals surface area contributed by atoms with Gasteiger partial charge < -0.3 is 9.47 Å². The van der Waals surface area contributed by atoms with E-state index in [1.54, 1.807) is 18.2 Å². The van der Waals surface area contributed by atoms with Gasteiger partial charge in [-0.2, -0.15) is 0 Å². The minimum absolute atomic E-state index is 0.127. The van der Waals surface area contributed by atoms with Crippen molar-refractivity contribution in [3.63, 3.8) is 0 Å². The molecule has 1 aliphatic carbocycles. The number of benzene rings is 3. The molecule has 1 unspecified atom stereocenters. The van der Waals surface area contributed by atoms with Crippen LogP contribution in [0.1, 0.15) is 36.1 Å². The number of carbonyl (C=O) groups excluding carboxylic acids is 1. The van der Waals surface area contributed by atoms with Crippen molar-refractivity contribution in [3.8, 4) is 22.6 Å². The fraction of sp³-hybridized carbons (Fsp3) is 0.192. The lowest BCUT2D eigenvalue weighted by atomic mass is 9.96. The molecule has 0 fully saturated rings. The molecule has 0 saturated heterocycles. The van der Waals surface area contributed by atoms with E-state index in [0.29, 0.717) is 28.6 Å². The molecule has 0 spiro atoms. The summed E-state index contributed by atoms with van der Waals surface area (Å²) in [6, 6.07) is 17.9. The zero-order chi connectivity index (χ0) is 22.9. The van der Waals surface area contributed by atoms with Crippen molar-refractivity contribution in [3.05, 3.63) is 89.2 Å². The molecular formula is C26H22FNO4S. The van der Waals surface area contributed by atoms with Crippen molar-refractivity contribution < 1.29 is 22.9 Å². The van der Waals surface area contributed by atoms with E-state index < -0.39 is 11.0 Å². The Labute approximate surface area is 193 Å². The van der Waals surface area contributed by atoms with Crippen molar-refractivity contribution in [2.24, 2.45) is 0 Å². The van der Waals surface area contributed by atoms with Crippen molar-refractivity contribution in [2.75, 3.05) is 6.61 Å². The fourth-order valence-corrected chi connectivity index (χ4v) is 5.30. The summed E-state index contributed by atoms with van der Waals surface area (Å²) in [6.07, 6.45) is 2.85. The molecule has 0 bridgehead atoms. The lowest BCUT2D eigenvalue weighted by Gasteiger charge is -2.17. The molecule has 5 rings (SSSR count). The van der Waals surface area contributed by atoms with E-state index in [1.165, 1.54) is 18.2 Å². The first-order chi connectivity index (χ1) is 16.0. The molecule has 0 radical (unpaired) electrons. The number of carbonyl (C=O) groups is 1. The van der Waals surface area contributed by atoms with Gasteiger partial charge >= 0.3 is 0 Å². The van der Waals surface area contributed by atoms with Crippen LogP contribution in [0.15, 0.2) is 66.7 Å². The molecule has 0 saturated carbocycles. The van der Waals surface area contributed by atoms with Crippen LogP contribution in [0.4, 0.5) is 4.39 Å². The molecule has 3 aromatic rings. The maximum atomic E-state index is 14.1. The number of hydrogen-bond acceptors (Lipinski definition) is 4. The van der Waals surface area contributed by atoms with Crippen LogP contribution in [0.3, 0.4) is 0 Å². The predicted octanol–water partition coefficient (Wildman–Crippen LogP) is 5.09. The Morgan fingerprint density at radius 1 is 1.09 bits per heavy atom. The van der Waals surface area contributed by atoms with E-state index in [0.717, 1.165) is 35.1 Å². The van der Waals surface area contributed by atoms with E-state index in [2.05, 4.69) is 4.72 Å². The Hall–Kier alpha value is -3.45. The summed E-state index contributed by atoms with van der Waals surface area (Å²) in [5.74, 6) is 0.699. The van der Waals surface area contributed by atoms with E-state index in [9.17, 15) is 13.4 Å². The summed E-state index contributed by atoms with van der Waals surface area (Å²) in [4.78, 5) is 11.9. The number of hydrogen-bond donors (Lipinski definition) is 1. The second-order valence-corrected chi connectivity index (χ2v) is 9.04. The van der Waals surface area contributed by atoms with E-state index in [4.69, 9.17) is 9.47 Å². The highest BCUT2D eigenvalue weighted by Gasteiger charge is 2.28. The van der Waals surface area contributed by atoms with Crippen molar-refractivity contribution >= 4 is 21.8 Å². The minimum Gasteiger partial charge on any atom is -0.493 e. The third-order valence-electron chi connectivity index (χ3n) is 5.82. The van der Waals surface area contributed by atoms with Crippen LogP contribution in [-0.4, -0.2) is 16.7 Å². The van der Waals surface area contributed by atoms with Gasteiger partial charge in [0.15, 0.2) is 11.0 Å². The molecule has 1 heterocycles. The third kappa shape index (κ3) is 4.16. The molecule has 2 aliphatic rings. The normalized spacial score (nSPS) is 19.1. The zero-order valence-corrected chi connectivity index (χ0v) is 18.8. The lowest BCUT2D eigenvalue weighted by Crippen LogP contribution is -2.16.